The van der Waals surface area contributed by atoms with Gasteiger partial charge in [0.2, 0.25) is 0 Å². The number of nitrogens with one attached hydrogen (secondary N) is 1. The fourth-order valence-electron chi connectivity index (χ4n) is 1.42. The monoisotopic (exact) mass is 203 g/mol. The van der Waals surface area contributed by atoms with Gasteiger partial charge in [-0.2, -0.15) is 0 Å². The zero-order valence-electron chi connectivity index (χ0n) is 8.82. The average molecular weight is 203 g/mol. The highest BCUT2D eigenvalue weighted by Crippen LogP contribution is 2.20. The van der Waals surface area contributed by atoms with E-state index in [1.807, 2.05) is 26.1 Å². The second-order valence-electron chi connectivity index (χ2n) is 3.29. The van der Waals surface area contributed by atoms with Crippen molar-refractivity contribution in [3.05, 3.63) is 36.0 Å². The molecule has 0 radical (unpaired) electrons. The van der Waals surface area contributed by atoms with Crippen LogP contribution in [-0.2, 0) is 6.54 Å². The van der Waals surface area contributed by atoms with E-state index in [4.69, 9.17) is 4.42 Å². The third-order valence-electron chi connectivity index (χ3n) is 2.17. The van der Waals surface area contributed by atoms with Crippen molar-refractivity contribution in [2.45, 2.75) is 13.5 Å². The molecular formula is C11H13N3O. The summed E-state index contributed by atoms with van der Waals surface area (Å²) in [5.41, 5.74) is 1.93. The predicted molar refractivity (Wildman–Crippen MR) is 57.2 cm³/mol. The molecule has 4 nitrogen and oxygen atoms in total. The highest BCUT2D eigenvalue weighted by Gasteiger charge is 2.07. The highest BCUT2D eigenvalue weighted by molar-refractivity contribution is 5.56. The van der Waals surface area contributed by atoms with Crippen molar-refractivity contribution in [2.75, 3.05) is 7.05 Å². The number of nitrogens with zero attached hydrogens (tertiary/aromatic N) is 2. The molecule has 0 unspecified atom stereocenters. The Kier molecular flexibility index (Phi) is 2.78. The highest BCUT2D eigenvalue weighted by atomic mass is 16.3. The van der Waals surface area contributed by atoms with Gasteiger partial charge in [-0.3, -0.25) is 0 Å². The molecule has 0 aliphatic heterocycles. The topological polar surface area (TPSA) is 51.0 Å². The number of furan rings is 1. The first kappa shape index (κ1) is 9.86. The molecule has 0 bridgehead atoms. The Morgan fingerprint density at radius 3 is 2.93 bits per heavy atom. The summed E-state index contributed by atoms with van der Waals surface area (Å²) in [5, 5.41) is 3.06. The van der Waals surface area contributed by atoms with Crippen LogP contribution in [0.3, 0.4) is 0 Å². The van der Waals surface area contributed by atoms with E-state index in [9.17, 15) is 0 Å². The van der Waals surface area contributed by atoms with Crippen molar-refractivity contribution in [3.8, 4) is 11.4 Å². The first-order valence-electron chi connectivity index (χ1n) is 4.82. The summed E-state index contributed by atoms with van der Waals surface area (Å²) in [6.45, 7) is 2.65. The number of hydrogen-bond acceptors (Lipinski definition) is 4. The third-order valence-corrected chi connectivity index (χ3v) is 2.17. The Morgan fingerprint density at radius 2 is 2.27 bits per heavy atom. The summed E-state index contributed by atoms with van der Waals surface area (Å²) in [6.07, 6.45) is 3.42. The van der Waals surface area contributed by atoms with Gasteiger partial charge in [0.25, 0.3) is 0 Å². The maximum absolute atomic E-state index is 5.22. The summed E-state index contributed by atoms with van der Waals surface area (Å²) in [7, 11) is 1.89. The molecule has 78 valence electrons. The largest absolute Gasteiger partial charge is 0.469 e. The zero-order chi connectivity index (χ0) is 10.7. The minimum atomic E-state index is 0.717. The molecule has 4 heteroatoms. The van der Waals surface area contributed by atoms with Crippen LogP contribution in [0, 0.1) is 6.92 Å². The van der Waals surface area contributed by atoms with Crippen LogP contribution in [0.2, 0.25) is 0 Å². The van der Waals surface area contributed by atoms with E-state index < -0.39 is 0 Å². The lowest BCUT2D eigenvalue weighted by Crippen LogP contribution is -2.07. The van der Waals surface area contributed by atoms with Crippen molar-refractivity contribution < 1.29 is 4.42 Å². The summed E-state index contributed by atoms with van der Waals surface area (Å²) in [6, 6.07) is 3.78. The zero-order valence-corrected chi connectivity index (χ0v) is 8.82. The van der Waals surface area contributed by atoms with Crippen molar-refractivity contribution in [2.24, 2.45) is 0 Å². The lowest BCUT2D eigenvalue weighted by molar-refractivity contribution is 0.535. The Morgan fingerprint density at radius 1 is 1.40 bits per heavy atom. The first-order valence-corrected chi connectivity index (χ1v) is 4.82. The fraction of sp³-hybridized carbons (Fsp3) is 0.273. The lowest BCUT2D eigenvalue weighted by atomic mass is 10.2. The minimum Gasteiger partial charge on any atom is -0.469 e. The van der Waals surface area contributed by atoms with Crippen molar-refractivity contribution in [3.63, 3.8) is 0 Å². The molecule has 15 heavy (non-hydrogen) atoms. The van der Waals surface area contributed by atoms with Crippen LogP contribution < -0.4 is 5.32 Å². The summed E-state index contributed by atoms with van der Waals surface area (Å²) in [4.78, 5) is 8.66. The SMILES string of the molecule is CNCc1ccnc(-c2ccoc2C)n1. The minimum absolute atomic E-state index is 0.717. The van der Waals surface area contributed by atoms with Gasteiger partial charge in [0.05, 0.1) is 17.5 Å². The number of rotatable bonds is 3. The Labute approximate surface area is 88.4 Å². The number of hydrogen-bond donors (Lipinski definition) is 1. The van der Waals surface area contributed by atoms with E-state index in [1.54, 1.807) is 12.5 Å². The summed E-state index contributed by atoms with van der Waals surface area (Å²) < 4.78 is 5.22. The predicted octanol–water partition coefficient (Wildman–Crippen LogP) is 1.76. The van der Waals surface area contributed by atoms with Gasteiger partial charge < -0.3 is 9.73 Å². The van der Waals surface area contributed by atoms with Crippen LogP contribution in [0.15, 0.2) is 29.0 Å². The van der Waals surface area contributed by atoms with E-state index >= 15 is 0 Å². The molecule has 0 fully saturated rings. The Bertz CT molecular complexity index is 451. The Balaban J connectivity index is 2.37. The van der Waals surface area contributed by atoms with E-state index in [0.29, 0.717) is 5.82 Å². The maximum atomic E-state index is 5.22. The first-order chi connectivity index (χ1) is 7.31. The molecule has 0 aliphatic rings. The fourth-order valence-corrected chi connectivity index (χ4v) is 1.42. The second-order valence-corrected chi connectivity index (χ2v) is 3.29. The summed E-state index contributed by atoms with van der Waals surface area (Å²) in [5.74, 6) is 1.56. The van der Waals surface area contributed by atoms with Crippen molar-refractivity contribution >= 4 is 0 Å². The molecule has 0 atom stereocenters. The third kappa shape index (κ3) is 2.05. The molecule has 2 rings (SSSR count). The van der Waals surface area contributed by atoms with Gasteiger partial charge in [0, 0.05) is 12.7 Å². The number of aryl methyl sites for hydroxylation is 1. The van der Waals surface area contributed by atoms with Crippen molar-refractivity contribution in [1.29, 1.82) is 0 Å². The smallest absolute Gasteiger partial charge is 0.162 e. The van der Waals surface area contributed by atoms with E-state index in [0.717, 1.165) is 23.6 Å². The molecule has 0 aromatic carbocycles. The van der Waals surface area contributed by atoms with E-state index in [1.165, 1.54) is 0 Å². The van der Waals surface area contributed by atoms with Gasteiger partial charge in [-0.1, -0.05) is 0 Å². The van der Waals surface area contributed by atoms with Crippen LogP contribution in [0.1, 0.15) is 11.5 Å². The van der Waals surface area contributed by atoms with Crippen LogP contribution >= 0.6 is 0 Å². The van der Waals surface area contributed by atoms with Crippen LogP contribution in [0.4, 0.5) is 0 Å². The van der Waals surface area contributed by atoms with E-state index in [-0.39, 0.29) is 0 Å². The molecule has 0 aliphatic carbocycles. The van der Waals surface area contributed by atoms with Crippen LogP contribution in [0.5, 0.6) is 0 Å². The normalized spacial score (nSPS) is 10.5. The number of aromatic nitrogens is 2. The van der Waals surface area contributed by atoms with Gasteiger partial charge in [-0.25, -0.2) is 9.97 Å². The standard InChI is InChI=1S/C11H13N3O/c1-8-10(4-6-15-8)11-13-5-3-9(14-11)7-12-2/h3-6,12H,7H2,1-2H3. The molecule has 1 N–H and O–H groups in total. The molecule has 0 saturated carbocycles. The molecule has 2 aromatic heterocycles. The van der Waals surface area contributed by atoms with Gasteiger partial charge in [-0.15, -0.1) is 0 Å². The van der Waals surface area contributed by atoms with Gasteiger partial charge in [-0.05, 0) is 26.1 Å². The summed E-state index contributed by atoms with van der Waals surface area (Å²) >= 11 is 0. The molecule has 2 heterocycles. The van der Waals surface area contributed by atoms with E-state index in [2.05, 4.69) is 15.3 Å². The maximum Gasteiger partial charge on any atom is 0.162 e. The molecule has 0 spiro atoms. The second kappa shape index (κ2) is 4.23. The molecule has 0 saturated heterocycles. The average Bonchev–Trinajstić information content (AvgIpc) is 2.65. The molecule has 0 amide bonds. The van der Waals surface area contributed by atoms with Crippen molar-refractivity contribution in [1.82, 2.24) is 15.3 Å². The lowest BCUT2D eigenvalue weighted by Gasteiger charge is -2.01. The molecular weight excluding hydrogens is 190 g/mol. The van der Waals surface area contributed by atoms with Crippen LogP contribution in [0.25, 0.3) is 11.4 Å². The van der Waals surface area contributed by atoms with Gasteiger partial charge in [0.15, 0.2) is 5.82 Å². The molecule has 2 aromatic rings. The van der Waals surface area contributed by atoms with Crippen LogP contribution in [-0.4, -0.2) is 17.0 Å². The Hall–Kier alpha value is -1.68. The quantitative estimate of drug-likeness (QED) is 0.825. The van der Waals surface area contributed by atoms with Gasteiger partial charge in [0.1, 0.15) is 5.76 Å². The van der Waals surface area contributed by atoms with Gasteiger partial charge >= 0.3 is 0 Å².